The number of benzene rings is 1. The van der Waals surface area contributed by atoms with Gasteiger partial charge in [-0.05, 0) is 24.8 Å². The molecule has 0 aromatic heterocycles. The topological polar surface area (TPSA) is 35.5 Å². The monoisotopic (exact) mass is 306 g/mol. The van der Waals surface area contributed by atoms with Crippen LogP contribution in [0.25, 0.3) is 0 Å². The first-order chi connectivity index (χ1) is 10.8. The van der Waals surface area contributed by atoms with E-state index in [-0.39, 0.29) is 6.10 Å². The highest BCUT2D eigenvalue weighted by Crippen LogP contribution is 2.24. The normalized spacial score (nSPS) is 11.9. The van der Waals surface area contributed by atoms with Crippen molar-refractivity contribution in [3.05, 3.63) is 35.9 Å². The molecular weight excluding hydrogens is 276 g/mol. The summed E-state index contributed by atoms with van der Waals surface area (Å²) in [6.45, 7) is 4.77. The van der Waals surface area contributed by atoms with Crippen LogP contribution in [0.3, 0.4) is 0 Å². The van der Waals surface area contributed by atoms with Gasteiger partial charge in [0.2, 0.25) is 0 Å². The van der Waals surface area contributed by atoms with Gasteiger partial charge in [-0.15, -0.1) is 0 Å². The van der Waals surface area contributed by atoms with Gasteiger partial charge in [0, 0.05) is 0 Å². The zero-order chi connectivity index (χ0) is 16.0. The lowest BCUT2D eigenvalue weighted by molar-refractivity contribution is 0.0183. The molecule has 0 bridgehead atoms. The summed E-state index contributed by atoms with van der Waals surface area (Å²) in [5.41, 5.74) is 1.05. The van der Waals surface area contributed by atoms with Crippen LogP contribution >= 0.6 is 0 Å². The van der Waals surface area contributed by atoms with Crippen LogP contribution in [0.2, 0.25) is 0 Å². The highest BCUT2D eigenvalue weighted by atomic mass is 16.7. The van der Waals surface area contributed by atoms with E-state index in [9.17, 15) is 4.79 Å². The molecule has 1 rings (SSSR count). The second-order valence-corrected chi connectivity index (χ2v) is 5.67. The lowest BCUT2D eigenvalue weighted by atomic mass is 10.0. The van der Waals surface area contributed by atoms with Crippen molar-refractivity contribution in [1.29, 1.82) is 0 Å². The molecule has 0 aliphatic rings. The zero-order valence-corrected chi connectivity index (χ0v) is 14.1. The Hall–Kier alpha value is -1.51. The summed E-state index contributed by atoms with van der Waals surface area (Å²) in [5.74, 6) is 0. The summed E-state index contributed by atoms with van der Waals surface area (Å²) in [7, 11) is 0. The van der Waals surface area contributed by atoms with Crippen molar-refractivity contribution in [2.75, 3.05) is 6.61 Å². The van der Waals surface area contributed by atoms with E-state index in [1.54, 1.807) is 0 Å². The lowest BCUT2D eigenvalue weighted by Gasteiger charge is -2.18. The van der Waals surface area contributed by atoms with Crippen molar-refractivity contribution in [2.24, 2.45) is 0 Å². The number of hydrogen-bond donors (Lipinski definition) is 0. The number of carbonyl (C=O) groups is 1. The molecule has 0 fully saturated rings. The largest absolute Gasteiger partial charge is 0.508 e. The molecule has 0 heterocycles. The average molecular weight is 306 g/mol. The zero-order valence-electron chi connectivity index (χ0n) is 14.1. The maximum Gasteiger partial charge on any atom is 0.508 e. The first kappa shape index (κ1) is 18.5. The Balaban J connectivity index is 2.45. The number of carbonyl (C=O) groups excluding carboxylic acids is 1. The second kappa shape index (κ2) is 12.1. The average Bonchev–Trinajstić information content (AvgIpc) is 2.55. The lowest BCUT2D eigenvalue weighted by Crippen LogP contribution is -2.14. The molecule has 0 radical (unpaired) electrons. The van der Waals surface area contributed by atoms with Crippen molar-refractivity contribution in [2.45, 2.75) is 71.3 Å². The molecule has 0 aliphatic carbocycles. The van der Waals surface area contributed by atoms with Crippen LogP contribution in [0.4, 0.5) is 4.79 Å². The van der Waals surface area contributed by atoms with E-state index in [2.05, 4.69) is 13.8 Å². The molecule has 0 amide bonds. The van der Waals surface area contributed by atoms with Gasteiger partial charge in [0.1, 0.15) is 6.10 Å². The minimum absolute atomic E-state index is 0.197. The van der Waals surface area contributed by atoms with E-state index in [1.807, 2.05) is 30.3 Å². The fraction of sp³-hybridized carbons (Fsp3) is 0.632. The predicted octanol–water partition coefficient (Wildman–Crippen LogP) is 6.04. The summed E-state index contributed by atoms with van der Waals surface area (Å²) in [4.78, 5) is 11.8. The van der Waals surface area contributed by atoms with Crippen LogP contribution in [0.1, 0.15) is 76.9 Å². The summed E-state index contributed by atoms with van der Waals surface area (Å²) < 4.78 is 10.7. The summed E-state index contributed by atoms with van der Waals surface area (Å²) in [6.07, 6.45) is 7.88. The fourth-order valence-corrected chi connectivity index (χ4v) is 2.38. The minimum Gasteiger partial charge on any atom is -0.434 e. The molecule has 0 saturated carbocycles. The van der Waals surface area contributed by atoms with Crippen LogP contribution in [-0.4, -0.2) is 12.8 Å². The van der Waals surface area contributed by atoms with E-state index in [1.165, 1.54) is 19.3 Å². The molecule has 1 atom stereocenters. The number of hydrogen-bond acceptors (Lipinski definition) is 3. The van der Waals surface area contributed by atoms with Gasteiger partial charge in [0.25, 0.3) is 0 Å². The van der Waals surface area contributed by atoms with Gasteiger partial charge < -0.3 is 9.47 Å². The second-order valence-electron chi connectivity index (χ2n) is 5.67. The first-order valence-corrected chi connectivity index (χ1v) is 8.66. The number of ether oxygens (including phenoxy) is 2. The molecule has 0 saturated heterocycles. The Morgan fingerprint density at radius 2 is 1.64 bits per heavy atom. The van der Waals surface area contributed by atoms with Gasteiger partial charge in [0.05, 0.1) is 6.61 Å². The standard InChI is InChI=1S/C19H30O3/c1-3-5-7-11-15-18(17-13-9-8-10-14-17)22-19(20)21-16-12-6-4-2/h8-10,13-14,18H,3-7,11-12,15-16H2,1-2H3. The SMILES string of the molecule is CCCCCCC(OC(=O)OCCCCC)c1ccccc1. The van der Waals surface area contributed by atoms with Crippen molar-refractivity contribution in [3.63, 3.8) is 0 Å². The molecule has 1 aromatic carbocycles. The Morgan fingerprint density at radius 3 is 2.32 bits per heavy atom. The molecule has 0 aliphatic heterocycles. The molecular formula is C19H30O3. The van der Waals surface area contributed by atoms with Gasteiger partial charge in [-0.2, -0.15) is 0 Å². The maximum atomic E-state index is 11.8. The molecule has 0 N–H and O–H groups in total. The van der Waals surface area contributed by atoms with Crippen molar-refractivity contribution < 1.29 is 14.3 Å². The van der Waals surface area contributed by atoms with Gasteiger partial charge in [-0.1, -0.05) is 76.3 Å². The Morgan fingerprint density at radius 1 is 0.955 bits per heavy atom. The summed E-state index contributed by atoms with van der Waals surface area (Å²) in [6, 6.07) is 9.94. The van der Waals surface area contributed by atoms with E-state index >= 15 is 0 Å². The van der Waals surface area contributed by atoms with Crippen LogP contribution in [0.15, 0.2) is 30.3 Å². The van der Waals surface area contributed by atoms with E-state index in [0.29, 0.717) is 6.61 Å². The number of rotatable bonds is 11. The fourth-order valence-electron chi connectivity index (χ4n) is 2.38. The van der Waals surface area contributed by atoms with Gasteiger partial charge in [0.15, 0.2) is 0 Å². The molecule has 3 heteroatoms. The molecule has 0 spiro atoms. The van der Waals surface area contributed by atoms with Crippen LogP contribution in [0.5, 0.6) is 0 Å². The van der Waals surface area contributed by atoms with Crippen LogP contribution in [-0.2, 0) is 9.47 Å². The Labute approximate surface area is 135 Å². The van der Waals surface area contributed by atoms with Gasteiger partial charge in [-0.25, -0.2) is 4.79 Å². The molecule has 124 valence electrons. The van der Waals surface area contributed by atoms with Crippen molar-refractivity contribution in [1.82, 2.24) is 0 Å². The highest BCUT2D eigenvalue weighted by molar-refractivity contribution is 5.60. The minimum atomic E-state index is -0.541. The Kier molecular flexibility index (Phi) is 10.2. The molecule has 1 aromatic rings. The number of unbranched alkanes of at least 4 members (excludes halogenated alkanes) is 5. The van der Waals surface area contributed by atoms with Crippen LogP contribution < -0.4 is 0 Å². The van der Waals surface area contributed by atoms with Crippen LogP contribution in [0, 0.1) is 0 Å². The van der Waals surface area contributed by atoms with Crippen molar-refractivity contribution in [3.8, 4) is 0 Å². The van der Waals surface area contributed by atoms with E-state index in [4.69, 9.17) is 9.47 Å². The van der Waals surface area contributed by atoms with Crippen molar-refractivity contribution >= 4 is 6.16 Å². The van der Waals surface area contributed by atoms with Gasteiger partial charge >= 0.3 is 6.16 Å². The smallest absolute Gasteiger partial charge is 0.434 e. The molecule has 22 heavy (non-hydrogen) atoms. The third-order valence-corrected chi connectivity index (χ3v) is 3.70. The summed E-state index contributed by atoms with van der Waals surface area (Å²) >= 11 is 0. The Bertz CT molecular complexity index is 389. The maximum absolute atomic E-state index is 11.8. The van der Waals surface area contributed by atoms with E-state index in [0.717, 1.165) is 37.7 Å². The predicted molar refractivity (Wildman–Crippen MR) is 89.9 cm³/mol. The molecule has 3 nitrogen and oxygen atoms in total. The summed E-state index contributed by atoms with van der Waals surface area (Å²) in [5, 5.41) is 0. The first-order valence-electron chi connectivity index (χ1n) is 8.66. The molecule has 1 unspecified atom stereocenters. The quantitative estimate of drug-likeness (QED) is 0.369. The highest BCUT2D eigenvalue weighted by Gasteiger charge is 2.17. The third kappa shape index (κ3) is 8.06. The van der Waals surface area contributed by atoms with Gasteiger partial charge in [-0.3, -0.25) is 0 Å². The third-order valence-electron chi connectivity index (χ3n) is 3.70. The van der Waals surface area contributed by atoms with E-state index < -0.39 is 6.16 Å².